The molecule has 20 heavy (non-hydrogen) atoms. The van der Waals surface area contributed by atoms with Crippen molar-refractivity contribution in [1.82, 2.24) is 0 Å². The minimum Gasteiger partial charge on any atom is -0.384 e. The van der Waals surface area contributed by atoms with Gasteiger partial charge in [-0.25, -0.2) is 4.39 Å². The molecule has 3 N–H and O–H groups in total. The van der Waals surface area contributed by atoms with Gasteiger partial charge in [-0.3, -0.25) is 5.41 Å². The molecule has 2 aromatic rings. The lowest BCUT2D eigenvalue weighted by Gasteiger charge is -2.09. The van der Waals surface area contributed by atoms with Gasteiger partial charge in [0, 0.05) is 10.0 Å². The number of hydrogen-bond acceptors (Lipinski definition) is 2. The summed E-state index contributed by atoms with van der Waals surface area (Å²) in [5, 5.41) is 7.45. The van der Waals surface area contributed by atoms with Gasteiger partial charge in [0.05, 0.1) is 13.2 Å². The molecule has 104 valence electrons. The monoisotopic (exact) mass is 336 g/mol. The zero-order chi connectivity index (χ0) is 14.5. The fourth-order valence-corrected chi connectivity index (χ4v) is 2.28. The molecule has 0 atom stereocenters. The van der Waals surface area contributed by atoms with Crippen molar-refractivity contribution in [2.75, 3.05) is 0 Å². The summed E-state index contributed by atoms with van der Waals surface area (Å²) in [4.78, 5) is 0. The zero-order valence-electron chi connectivity index (χ0n) is 10.7. The number of nitrogens with one attached hydrogen (secondary N) is 1. The van der Waals surface area contributed by atoms with Crippen molar-refractivity contribution in [3.8, 4) is 0 Å². The van der Waals surface area contributed by atoms with Crippen LogP contribution in [0.5, 0.6) is 0 Å². The number of amidine groups is 1. The van der Waals surface area contributed by atoms with Crippen molar-refractivity contribution >= 4 is 21.8 Å². The molecule has 0 aliphatic rings. The topological polar surface area (TPSA) is 59.1 Å². The van der Waals surface area contributed by atoms with Crippen molar-refractivity contribution in [2.24, 2.45) is 5.73 Å². The van der Waals surface area contributed by atoms with Crippen LogP contribution in [0.25, 0.3) is 0 Å². The molecule has 0 aromatic heterocycles. The highest BCUT2D eigenvalue weighted by molar-refractivity contribution is 9.10. The van der Waals surface area contributed by atoms with Crippen LogP contribution in [0.2, 0.25) is 0 Å². The lowest BCUT2D eigenvalue weighted by molar-refractivity contribution is 0.107. The first kappa shape index (κ1) is 14.7. The zero-order valence-corrected chi connectivity index (χ0v) is 12.3. The van der Waals surface area contributed by atoms with E-state index in [9.17, 15) is 4.39 Å². The maximum Gasteiger partial charge on any atom is 0.123 e. The Bertz CT molecular complexity index is 631. The van der Waals surface area contributed by atoms with E-state index in [-0.39, 0.29) is 12.4 Å². The molecule has 0 saturated heterocycles. The van der Waals surface area contributed by atoms with E-state index in [1.54, 1.807) is 6.07 Å². The summed E-state index contributed by atoms with van der Waals surface area (Å²) in [7, 11) is 0. The van der Waals surface area contributed by atoms with Crippen LogP contribution in [0, 0.1) is 11.2 Å². The van der Waals surface area contributed by atoms with Crippen molar-refractivity contribution in [3.05, 3.63) is 69.4 Å². The Labute approximate surface area is 125 Å². The second-order valence-electron chi connectivity index (χ2n) is 4.34. The summed E-state index contributed by atoms with van der Waals surface area (Å²) in [6, 6.07) is 12.0. The number of benzene rings is 2. The van der Waals surface area contributed by atoms with Gasteiger partial charge in [-0.05, 0) is 35.4 Å². The molecule has 0 aliphatic carbocycles. The van der Waals surface area contributed by atoms with Crippen molar-refractivity contribution in [1.29, 1.82) is 5.41 Å². The third-order valence-electron chi connectivity index (χ3n) is 2.78. The van der Waals surface area contributed by atoms with Crippen LogP contribution < -0.4 is 5.73 Å². The molecule has 0 unspecified atom stereocenters. The van der Waals surface area contributed by atoms with Crippen LogP contribution in [0.4, 0.5) is 4.39 Å². The van der Waals surface area contributed by atoms with Gasteiger partial charge in [0.1, 0.15) is 11.7 Å². The van der Waals surface area contributed by atoms with Crippen LogP contribution in [0.3, 0.4) is 0 Å². The molecule has 0 aliphatic heterocycles. The molecule has 0 fully saturated rings. The highest BCUT2D eigenvalue weighted by Gasteiger charge is 2.07. The highest BCUT2D eigenvalue weighted by Crippen LogP contribution is 2.15. The number of nitrogen functional groups attached to an aromatic ring is 1. The van der Waals surface area contributed by atoms with E-state index >= 15 is 0 Å². The third-order valence-corrected chi connectivity index (χ3v) is 3.27. The van der Waals surface area contributed by atoms with Gasteiger partial charge < -0.3 is 10.5 Å². The Morgan fingerprint density at radius 1 is 1.20 bits per heavy atom. The van der Waals surface area contributed by atoms with Crippen LogP contribution in [-0.2, 0) is 18.0 Å². The fourth-order valence-electron chi connectivity index (χ4n) is 1.83. The van der Waals surface area contributed by atoms with E-state index in [0.29, 0.717) is 17.7 Å². The Balaban J connectivity index is 2.02. The van der Waals surface area contributed by atoms with Crippen LogP contribution in [0.1, 0.15) is 16.7 Å². The molecular formula is C15H14BrFN2O. The summed E-state index contributed by atoms with van der Waals surface area (Å²) < 4.78 is 19.7. The standard InChI is InChI=1S/C15H14BrFN2O/c16-12-3-1-2-10(6-12)8-20-9-11-4-5-13(17)7-14(11)15(18)19/h1-7H,8-9H2,(H3,18,19). The number of hydrogen-bond donors (Lipinski definition) is 2. The number of halogens is 2. The van der Waals surface area contributed by atoms with Gasteiger partial charge in [-0.2, -0.15) is 0 Å². The minimum atomic E-state index is -0.411. The molecule has 2 rings (SSSR count). The molecular weight excluding hydrogens is 323 g/mol. The first-order chi connectivity index (χ1) is 9.56. The predicted octanol–water partition coefficient (Wildman–Crippen LogP) is 3.59. The average Bonchev–Trinajstić information content (AvgIpc) is 2.40. The molecule has 0 saturated carbocycles. The lowest BCUT2D eigenvalue weighted by Crippen LogP contribution is -2.14. The van der Waals surface area contributed by atoms with Crippen LogP contribution in [0.15, 0.2) is 46.9 Å². The summed E-state index contributed by atoms with van der Waals surface area (Å²) in [5.41, 5.74) is 7.55. The Morgan fingerprint density at radius 2 is 2.00 bits per heavy atom. The smallest absolute Gasteiger partial charge is 0.123 e. The molecule has 0 heterocycles. The SMILES string of the molecule is N=C(N)c1cc(F)ccc1COCc1cccc(Br)c1. The number of nitrogens with two attached hydrogens (primary N) is 1. The average molecular weight is 337 g/mol. The second kappa shape index (κ2) is 6.63. The first-order valence-corrected chi connectivity index (χ1v) is 6.80. The minimum absolute atomic E-state index is 0.162. The van der Waals surface area contributed by atoms with E-state index in [2.05, 4.69) is 15.9 Å². The summed E-state index contributed by atoms with van der Waals surface area (Å²) >= 11 is 3.40. The molecule has 2 aromatic carbocycles. The Morgan fingerprint density at radius 3 is 2.70 bits per heavy atom. The van der Waals surface area contributed by atoms with Gasteiger partial charge in [-0.1, -0.05) is 34.1 Å². The van der Waals surface area contributed by atoms with Gasteiger partial charge >= 0.3 is 0 Å². The van der Waals surface area contributed by atoms with Gasteiger partial charge in [0.2, 0.25) is 0 Å². The Kier molecular flexibility index (Phi) is 4.87. The summed E-state index contributed by atoms with van der Waals surface area (Å²) in [6.45, 7) is 0.718. The van der Waals surface area contributed by atoms with Crippen molar-refractivity contribution < 1.29 is 9.13 Å². The predicted molar refractivity (Wildman–Crippen MR) is 80.1 cm³/mol. The first-order valence-electron chi connectivity index (χ1n) is 6.01. The normalized spacial score (nSPS) is 10.5. The maximum atomic E-state index is 13.1. The quantitative estimate of drug-likeness (QED) is 0.647. The van der Waals surface area contributed by atoms with E-state index in [0.717, 1.165) is 10.0 Å². The van der Waals surface area contributed by atoms with E-state index < -0.39 is 5.82 Å². The maximum absolute atomic E-state index is 13.1. The molecule has 3 nitrogen and oxygen atoms in total. The summed E-state index contributed by atoms with van der Waals surface area (Å²) in [5.74, 6) is -0.573. The third kappa shape index (κ3) is 3.88. The lowest BCUT2D eigenvalue weighted by atomic mass is 10.1. The van der Waals surface area contributed by atoms with E-state index in [1.807, 2.05) is 24.3 Å². The molecule has 5 heteroatoms. The second-order valence-corrected chi connectivity index (χ2v) is 5.25. The van der Waals surface area contributed by atoms with Crippen molar-refractivity contribution in [2.45, 2.75) is 13.2 Å². The van der Waals surface area contributed by atoms with Crippen LogP contribution >= 0.6 is 15.9 Å². The number of ether oxygens (including phenoxy) is 1. The van der Waals surface area contributed by atoms with Gasteiger partial charge in [0.15, 0.2) is 0 Å². The van der Waals surface area contributed by atoms with Gasteiger partial charge in [-0.15, -0.1) is 0 Å². The van der Waals surface area contributed by atoms with E-state index in [1.165, 1.54) is 12.1 Å². The van der Waals surface area contributed by atoms with Crippen molar-refractivity contribution in [3.63, 3.8) is 0 Å². The molecule has 0 radical (unpaired) electrons. The number of rotatable bonds is 5. The molecule has 0 bridgehead atoms. The van der Waals surface area contributed by atoms with E-state index in [4.69, 9.17) is 15.9 Å². The van der Waals surface area contributed by atoms with Gasteiger partial charge in [0.25, 0.3) is 0 Å². The molecule has 0 amide bonds. The molecule has 0 spiro atoms. The fraction of sp³-hybridized carbons (Fsp3) is 0.133. The highest BCUT2D eigenvalue weighted by atomic mass is 79.9. The largest absolute Gasteiger partial charge is 0.384 e. The van der Waals surface area contributed by atoms with Crippen LogP contribution in [-0.4, -0.2) is 5.84 Å². The summed E-state index contributed by atoms with van der Waals surface area (Å²) in [6.07, 6.45) is 0. The Hall–Kier alpha value is -1.72.